The molecule has 5 rings (SSSR count). The van der Waals surface area contributed by atoms with Crippen LogP contribution in [0.1, 0.15) is 16.8 Å². The van der Waals surface area contributed by atoms with Gasteiger partial charge in [0.2, 0.25) is 15.9 Å². The Morgan fingerprint density at radius 2 is 1.65 bits per heavy atom. The first-order valence-electron chi connectivity index (χ1n) is 11.1. The van der Waals surface area contributed by atoms with Gasteiger partial charge in [-0.2, -0.15) is 4.31 Å². The molecule has 3 aliphatic rings. The van der Waals surface area contributed by atoms with E-state index in [1.54, 1.807) is 23.1 Å². The second-order valence-electron chi connectivity index (χ2n) is 8.25. The summed E-state index contributed by atoms with van der Waals surface area (Å²) in [6, 6.07) is 10.8. The Bertz CT molecular complexity index is 1190. The molecule has 2 fully saturated rings. The monoisotopic (exact) mass is 487 g/mol. The summed E-state index contributed by atoms with van der Waals surface area (Å²) in [5, 5.41) is 2.88. The molecule has 1 N–H and O–H groups in total. The standard InChI is InChI=1S/C23H25N3O7S/c27-22-13-17(15-26(22)18-3-6-20-21(14-18)33-12-11-32-20)24-23(28)16-1-4-19(5-2-16)34(29,30)25-7-9-31-10-8-25/h1-6,14,17H,7-13,15H2,(H,24,28). The minimum Gasteiger partial charge on any atom is -0.486 e. The maximum absolute atomic E-state index is 12.8. The van der Waals surface area contributed by atoms with Crippen LogP contribution in [0.15, 0.2) is 47.4 Å². The molecule has 180 valence electrons. The lowest BCUT2D eigenvalue weighted by Crippen LogP contribution is -2.40. The number of morpholine rings is 1. The summed E-state index contributed by atoms with van der Waals surface area (Å²) < 4.78 is 43.2. The molecule has 0 spiro atoms. The molecule has 10 nitrogen and oxygen atoms in total. The molecule has 2 aromatic carbocycles. The van der Waals surface area contributed by atoms with E-state index in [-0.39, 0.29) is 29.2 Å². The zero-order valence-electron chi connectivity index (χ0n) is 18.4. The van der Waals surface area contributed by atoms with Crippen LogP contribution in [-0.2, 0) is 19.6 Å². The zero-order valence-corrected chi connectivity index (χ0v) is 19.3. The van der Waals surface area contributed by atoms with Crippen molar-refractivity contribution in [3.63, 3.8) is 0 Å². The number of rotatable bonds is 5. The van der Waals surface area contributed by atoms with Crippen LogP contribution in [0.5, 0.6) is 11.5 Å². The van der Waals surface area contributed by atoms with Gasteiger partial charge in [0.15, 0.2) is 11.5 Å². The van der Waals surface area contributed by atoms with Gasteiger partial charge in [0.25, 0.3) is 5.91 Å². The van der Waals surface area contributed by atoms with Gasteiger partial charge in [0.05, 0.1) is 24.2 Å². The molecule has 0 radical (unpaired) electrons. The molecule has 0 bridgehead atoms. The quantitative estimate of drug-likeness (QED) is 0.670. The maximum atomic E-state index is 12.8. The van der Waals surface area contributed by atoms with Crippen molar-refractivity contribution in [1.29, 1.82) is 0 Å². The molecule has 2 aromatic rings. The van der Waals surface area contributed by atoms with Gasteiger partial charge in [0, 0.05) is 43.4 Å². The third-order valence-corrected chi connectivity index (χ3v) is 7.93. The molecule has 1 atom stereocenters. The Morgan fingerprint density at radius 1 is 0.941 bits per heavy atom. The van der Waals surface area contributed by atoms with Crippen LogP contribution in [0.25, 0.3) is 0 Å². The van der Waals surface area contributed by atoms with E-state index < -0.39 is 10.0 Å². The van der Waals surface area contributed by atoms with Gasteiger partial charge < -0.3 is 24.4 Å². The van der Waals surface area contributed by atoms with Gasteiger partial charge >= 0.3 is 0 Å². The summed E-state index contributed by atoms with van der Waals surface area (Å²) in [4.78, 5) is 27.1. The highest BCUT2D eigenvalue weighted by molar-refractivity contribution is 7.89. The average Bonchev–Trinajstić information content (AvgIpc) is 3.24. The SMILES string of the molecule is O=C(NC1CC(=O)N(c2ccc3c(c2)OCCO3)C1)c1ccc(S(=O)(=O)N2CCOCC2)cc1. The molecular formula is C23H25N3O7S. The molecule has 11 heteroatoms. The van der Waals surface area contributed by atoms with Gasteiger partial charge in [-0.1, -0.05) is 0 Å². The number of carbonyl (C=O) groups excluding carboxylic acids is 2. The average molecular weight is 488 g/mol. The van der Waals surface area contributed by atoms with Crippen molar-refractivity contribution in [2.45, 2.75) is 17.4 Å². The second-order valence-corrected chi connectivity index (χ2v) is 10.2. The topological polar surface area (TPSA) is 114 Å². The number of fused-ring (bicyclic) bond motifs is 1. The predicted molar refractivity (Wildman–Crippen MR) is 122 cm³/mol. The van der Waals surface area contributed by atoms with E-state index in [0.29, 0.717) is 68.8 Å². The van der Waals surface area contributed by atoms with Crippen molar-refractivity contribution in [1.82, 2.24) is 9.62 Å². The highest BCUT2D eigenvalue weighted by Crippen LogP contribution is 2.35. The number of ether oxygens (including phenoxy) is 3. The minimum absolute atomic E-state index is 0.103. The van der Waals surface area contributed by atoms with Crippen LogP contribution in [0.3, 0.4) is 0 Å². The van der Waals surface area contributed by atoms with Crippen molar-refractivity contribution >= 4 is 27.5 Å². The smallest absolute Gasteiger partial charge is 0.251 e. The Balaban J connectivity index is 1.23. The number of carbonyl (C=O) groups is 2. The summed E-state index contributed by atoms with van der Waals surface area (Å²) >= 11 is 0. The lowest BCUT2D eigenvalue weighted by Gasteiger charge is -2.26. The molecule has 1 unspecified atom stereocenters. The van der Waals surface area contributed by atoms with Gasteiger partial charge in [-0.05, 0) is 36.4 Å². The maximum Gasteiger partial charge on any atom is 0.251 e. The first-order chi connectivity index (χ1) is 16.4. The van der Waals surface area contributed by atoms with E-state index >= 15 is 0 Å². The Hall–Kier alpha value is -3.15. The number of amides is 2. The van der Waals surface area contributed by atoms with Crippen molar-refractivity contribution < 1.29 is 32.2 Å². The largest absolute Gasteiger partial charge is 0.486 e. The van der Waals surface area contributed by atoms with Gasteiger partial charge in [-0.25, -0.2) is 8.42 Å². The number of nitrogens with one attached hydrogen (secondary N) is 1. The highest BCUT2D eigenvalue weighted by Gasteiger charge is 2.33. The van der Waals surface area contributed by atoms with E-state index in [1.807, 2.05) is 0 Å². The van der Waals surface area contributed by atoms with E-state index in [0.717, 1.165) is 0 Å². The third-order valence-electron chi connectivity index (χ3n) is 6.02. The molecular weight excluding hydrogens is 462 g/mol. The second kappa shape index (κ2) is 9.24. The van der Waals surface area contributed by atoms with E-state index in [4.69, 9.17) is 14.2 Å². The number of sulfonamides is 1. The van der Waals surface area contributed by atoms with Gasteiger partial charge in [-0.3, -0.25) is 9.59 Å². The minimum atomic E-state index is -3.63. The summed E-state index contributed by atoms with van der Waals surface area (Å²) in [5.41, 5.74) is 1.01. The fourth-order valence-electron chi connectivity index (χ4n) is 4.24. The first kappa shape index (κ1) is 22.6. The lowest BCUT2D eigenvalue weighted by atomic mass is 10.2. The van der Waals surface area contributed by atoms with E-state index in [2.05, 4.69) is 5.32 Å². The number of hydrogen-bond acceptors (Lipinski definition) is 7. The summed E-state index contributed by atoms with van der Waals surface area (Å²) in [6.07, 6.45) is 0.170. The van der Waals surface area contributed by atoms with Crippen LogP contribution >= 0.6 is 0 Å². The number of hydrogen-bond donors (Lipinski definition) is 1. The van der Waals surface area contributed by atoms with Crippen LogP contribution < -0.4 is 19.7 Å². The molecule has 34 heavy (non-hydrogen) atoms. The van der Waals surface area contributed by atoms with Crippen molar-refractivity contribution in [2.24, 2.45) is 0 Å². The van der Waals surface area contributed by atoms with Crippen LogP contribution in [0, 0.1) is 0 Å². The van der Waals surface area contributed by atoms with Crippen LogP contribution in [0.2, 0.25) is 0 Å². The molecule has 3 heterocycles. The number of benzene rings is 2. The van der Waals surface area contributed by atoms with Crippen molar-refractivity contribution in [2.75, 3.05) is 51.0 Å². The highest BCUT2D eigenvalue weighted by atomic mass is 32.2. The van der Waals surface area contributed by atoms with E-state index in [1.165, 1.54) is 28.6 Å². The molecule has 2 amide bonds. The van der Waals surface area contributed by atoms with Gasteiger partial charge in [-0.15, -0.1) is 0 Å². The Kier molecular flexibility index (Phi) is 6.15. The lowest BCUT2D eigenvalue weighted by molar-refractivity contribution is -0.117. The normalized spacial score (nSPS) is 20.9. The Labute approximate surface area is 197 Å². The fourth-order valence-corrected chi connectivity index (χ4v) is 5.64. The zero-order chi connectivity index (χ0) is 23.7. The molecule has 0 saturated carbocycles. The summed E-state index contributed by atoms with van der Waals surface area (Å²) in [7, 11) is -3.63. The number of anilines is 1. The molecule has 0 aromatic heterocycles. The van der Waals surface area contributed by atoms with Gasteiger partial charge in [0.1, 0.15) is 13.2 Å². The summed E-state index contributed by atoms with van der Waals surface area (Å²) in [5.74, 6) is 0.771. The molecule has 3 aliphatic heterocycles. The summed E-state index contributed by atoms with van der Waals surface area (Å²) in [6.45, 7) is 2.61. The predicted octanol–water partition coefficient (Wildman–Crippen LogP) is 1.01. The Morgan fingerprint density at radius 3 is 2.38 bits per heavy atom. The fraction of sp³-hybridized carbons (Fsp3) is 0.391. The third kappa shape index (κ3) is 4.46. The van der Waals surface area contributed by atoms with Crippen LogP contribution in [-0.4, -0.2) is 76.6 Å². The van der Waals surface area contributed by atoms with Crippen molar-refractivity contribution in [3.8, 4) is 11.5 Å². The molecule has 2 saturated heterocycles. The van der Waals surface area contributed by atoms with Crippen LogP contribution in [0.4, 0.5) is 5.69 Å². The van der Waals surface area contributed by atoms with E-state index in [9.17, 15) is 18.0 Å². The van der Waals surface area contributed by atoms with Crippen molar-refractivity contribution in [3.05, 3.63) is 48.0 Å². The first-order valence-corrected chi connectivity index (χ1v) is 12.5. The molecule has 0 aliphatic carbocycles. The number of nitrogens with zero attached hydrogens (tertiary/aromatic N) is 2.